The second kappa shape index (κ2) is 4.74. The Morgan fingerprint density at radius 1 is 1.55 bits per heavy atom. The van der Waals surface area contributed by atoms with Crippen LogP contribution >= 0.6 is 11.3 Å². The number of carbonyl (C=O) groups is 1. The van der Waals surface area contributed by atoms with Gasteiger partial charge in [-0.2, -0.15) is 5.10 Å². The van der Waals surface area contributed by atoms with Crippen LogP contribution in [0.2, 0.25) is 0 Å². The lowest BCUT2D eigenvalue weighted by Gasteiger charge is -2.35. The summed E-state index contributed by atoms with van der Waals surface area (Å²) in [6, 6.07) is 3.81. The number of carbonyl (C=O) groups excluding carboxylic acids is 1. The lowest BCUT2D eigenvalue weighted by Crippen LogP contribution is -2.36. The Hall–Kier alpha value is -1.62. The predicted molar refractivity (Wildman–Crippen MR) is 79.8 cm³/mol. The van der Waals surface area contributed by atoms with Crippen molar-refractivity contribution in [3.05, 3.63) is 39.8 Å². The quantitative estimate of drug-likeness (QED) is 0.924. The molecule has 0 fully saturated rings. The fourth-order valence-corrected chi connectivity index (χ4v) is 3.57. The number of nitrogens with one attached hydrogen (secondary N) is 1. The molecular weight excluding hydrogens is 270 g/mol. The highest BCUT2D eigenvalue weighted by Gasteiger charge is 2.35. The number of aromatic nitrogens is 2. The topological polar surface area (TPSA) is 46.9 Å². The zero-order valence-corrected chi connectivity index (χ0v) is 12.8. The molecule has 0 aromatic carbocycles. The van der Waals surface area contributed by atoms with E-state index >= 15 is 0 Å². The van der Waals surface area contributed by atoms with Crippen molar-refractivity contribution in [3.63, 3.8) is 0 Å². The van der Waals surface area contributed by atoms with Crippen LogP contribution in [0.25, 0.3) is 0 Å². The standard InChI is InChI=1S/C15H19N3OS/c1-15(2)7-11(10-9-16-18(3)12(10)8-15)17-14(19)13-5-4-6-20-13/h4-6,9,11H,7-8H2,1-3H3,(H,17,19)/t11-/m0/s1. The summed E-state index contributed by atoms with van der Waals surface area (Å²) in [5.74, 6) is 0.0116. The van der Waals surface area contributed by atoms with E-state index in [1.165, 1.54) is 17.0 Å². The van der Waals surface area contributed by atoms with E-state index < -0.39 is 0 Å². The van der Waals surface area contributed by atoms with Crippen LogP contribution in [0.15, 0.2) is 23.7 Å². The van der Waals surface area contributed by atoms with Gasteiger partial charge in [0.05, 0.1) is 17.1 Å². The van der Waals surface area contributed by atoms with Gasteiger partial charge in [0.1, 0.15) is 0 Å². The highest BCUT2D eigenvalue weighted by Crippen LogP contribution is 2.40. The zero-order chi connectivity index (χ0) is 14.3. The van der Waals surface area contributed by atoms with Gasteiger partial charge in [0.2, 0.25) is 0 Å². The van der Waals surface area contributed by atoms with Gasteiger partial charge in [0.25, 0.3) is 5.91 Å². The van der Waals surface area contributed by atoms with Crippen LogP contribution < -0.4 is 5.32 Å². The van der Waals surface area contributed by atoms with Gasteiger partial charge >= 0.3 is 0 Å². The summed E-state index contributed by atoms with van der Waals surface area (Å²) in [6.07, 6.45) is 3.84. The van der Waals surface area contributed by atoms with Crippen molar-refractivity contribution in [2.24, 2.45) is 12.5 Å². The van der Waals surface area contributed by atoms with E-state index in [-0.39, 0.29) is 17.4 Å². The number of rotatable bonds is 2. The van der Waals surface area contributed by atoms with Crippen LogP contribution in [0.3, 0.4) is 0 Å². The second-order valence-corrected chi connectivity index (χ2v) is 7.17. The number of aryl methyl sites for hydroxylation is 1. The van der Waals surface area contributed by atoms with Gasteiger partial charge in [-0.1, -0.05) is 19.9 Å². The van der Waals surface area contributed by atoms with Crippen molar-refractivity contribution >= 4 is 17.2 Å². The molecule has 20 heavy (non-hydrogen) atoms. The second-order valence-electron chi connectivity index (χ2n) is 6.22. The van der Waals surface area contributed by atoms with Gasteiger partial charge in [-0.3, -0.25) is 9.48 Å². The van der Waals surface area contributed by atoms with Crippen molar-refractivity contribution in [2.45, 2.75) is 32.7 Å². The minimum Gasteiger partial charge on any atom is -0.344 e. The van der Waals surface area contributed by atoms with E-state index in [2.05, 4.69) is 24.3 Å². The van der Waals surface area contributed by atoms with Crippen LogP contribution in [0.4, 0.5) is 0 Å². The first-order valence-corrected chi connectivity index (χ1v) is 7.69. The average Bonchev–Trinajstić information content (AvgIpc) is 2.99. The Balaban J connectivity index is 1.88. The molecule has 2 heterocycles. The number of thiophene rings is 1. The van der Waals surface area contributed by atoms with Gasteiger partial charge in [0, 0.05) is 18.3 Å². The molecule has 1 atom stereocenters. The molecule has 106 valence electrons. The average molecular weight is 289 g/mol. The Morgan fingerprint density at radius 2 is 2.35 bits per heavy atom. The smallest absolute Gasteiger partial charge is 0.261 e. The first kappa shape index (κ1) is 13.4. The summed E-state index contributed by atoms with van der Waals surface area (Å²) >= 11 is 1.47. The molecule has 4 nitrogen and oxygen atoms in total. The molecule has 1 aliphatic rings. The summed E-state index contributed by atoms with van der Waals surface area (Å²) in [5.41, 5.74) is 2.57. The van der Waals surface area contributed by atoms with Crippen LogP contribution in [-0.2, 0) is 13.5 Å². The normalized spacial score (nSPS) is 20.4. The zero-order valence-electron chi connectivity index (χ0n) is 12.0. The van der Waals surface area contributed by atoms with E-state index in [1.54, 1.807) is 0 Å². The van der Waals surface area contributed by atoms with Gasteiger partial charge in [-0.25, -0.2) is 0 Å². The Bertz CT molecular complexity index is 628. The molecular formula is C15H19N3OS. The number of hydrogen-bond acceptors (Lipinski definition) is 3. The summed E-state index contributed by atoms with van der Waals surface area (Å²) in [7, 11) is 1.97. The van der Waals surface area contributed by atoms with Crippen LogP contribution in [-0.4, -0.2) is 15.7 Å². The summed E-state index contributed by atoms with van der Waals surface area (Å²) in [5, 5.41) is 9.44. The van der Waals surface area contributed by atoms with Crippen molar-refractivity contribution < 1.29 is 4.79 Å². The molecule has 0 spiro atoms. The van der Waals surface area contributed by atoms with Gasteiger partial charge in [-0.15, -0.1) is 11.3 Å². The summed E-state index contributed by atoms with van der Waals surface area (Å²) < 4.78 is 1.93. The maximum atomic E-state index is 12.3. The minimum atomic E-state index is 0.0116. The highest BCUT2D eigenvalue weighted by atomic mass is 32.1. The molecule has 0 aliphatic heterocycles. The SMILES string of the molecule is Cn1ncc2c1CC(C)(C)C[C@@H]2NC(=O)c1cccs1. The number of hydrogen-bond donors (Lipinski definition) is 1. The van der Waals surface area contributed by atoms with E-state index in [9.17, 15) is 4.79 Å². The molecule has 1 aliphatic carbocycles. The van der Waals surface area contributed by atoms with E-state index in [4.69, 9.17) is 0 Å². The van der Waals surface area contributed by atoms with E-state index in [0.29, 0.717) is 0 Å². The highest BCUT2D eigenvalue weighted by molar-refractivity contribution is 7.12. The fraction of sp³-hybridized carbons (Fsp3) is 0.467. The van der Waals surface area contributed by atoms with Crippen molar-refractivity contribution in [2.75, 3.05) is 0 Å². The molecule has 0 saturated carbocycles. The Labute approximate surface area is 122 Å². The summed E-state index contributed by atoms with van der Waals surface area (Å²) in [6.45, 7) is 4.49. The largest absolute Gasteiger partial charge is 0.344 e. The molecule has 2 aromatic rings. The minimum absolute atomic E-state index is 0.0116. The van der Waals surface area contributed by atoms with Gasteiger partial charge in [0.15, 0.2) is 0 Å². The molecule has 2 aromatic heterocycles. The monoisotopic (exact) mass is 289 g/mol. The summed E-state index contributed by atoms with van der Waals surface area (Å²) in [4.78, 5) is 13.0. The van der Waals surface area contributed by atoms with Crippen LogP contribution in [0.1, 0.15) is 47.2 Å². The van der Waals surface area contributed by atoms with Crippen LogP contribution in [0.5, 0.6) is 0 Å². The Morgan fingerprint density at radius 3 is 3.05 bits per heavy atom. The Kier molecular flexibility index (Phi) is 3.17. The van der Waals surface area contributed by atoms with E-state index in [1.807, 2.05) is 35.4 Å². The lowest BCUT2D eigenvalue weighted by molar-refractivity contribution is 0.0923. The van der Waals surface area contributed by atoms with Crippen molar-refractivity contribution in [3.8, 4) is 0 Å². The third-order valence-corrected chi connectivity index (χ3v) is 4.79. The van der Waals surface area contributed by atoms with Gasteiger partial charge < -0.3 is 5.32 Å². The lowest BCUT2D eigenvalue weighted by atomic mass is 9.74. The molecule has 1 amide bonds. The number of amides is 1. The maximum Gasteiger partial charge on any atom is 0.261 e. The maximum absolute atomic E-state index is 12.3. The fourth-order valence-electron chi connectivity index (χ4n) is 2.94. The molecule has 0 bridgehead atoms. The van der Waals surface area contributed by atoms with Crippen molar-refractivity contribution in [1.82, 2.24) is 15.1 Å². The third kappa shape index (κ3) is 2.38. The first-order chi connectivity index (χ1) is 9.46. The van der Waals surface area contributed by atoms with E-state index in [0.717, 1.165) is 23.3 Å². The molecule has 3 rings (SSSR count). The predicted octanol–water partition coefficient (Wildman–Crippen LogP) is 2.93. The van der Waals surface area contributed by atoms with Gasteiger partial charge in [-0.05, 0) is 29.7 Å². The molecule has 0 unspecified atom stereocenters. The molecule has 5 heteroatoms. The first-order valence-electron chi connectivity index (χ1n) is 6.81. The van der Waals surface area contributed by atoms with Crippen molar-refractivity contribution in [1.29, 1.82) is 0 Å². The number of nitrogens with zero attached hydrogens (tertiary/aromatic N) is 2. The third-order valence-electron chi connectivity index (χ3n) is 3.92. The van der Waals surface area contributed by atoms with Crippen LogP contribution in [0, 0.1) is 5.41 Å². The molecule has 0 saturated heterocycles. The number of fused-ring (bicyclic) bond motifs is 1. The molecule has 1 N–H and O–H groups in total. The molecule has 0 radical (unpaired) electrons.